The van der Waals surface area contributed by atoms with Crippen molar-refractivity contribution >= 4 is 19.8 Å². The van der Waals surface area contributed by atoms with Crippen molar-refractivity contribution in [3.63, 3.8) is 0 Å². The molecule has 0 aromatic carbocycles. The van der Waals surface area contributed by atoms with Crippen LogP contribution in [0.25, 0.3) is 0 Å². The molecule has 1 saturated heterocycles. The minimum atomic E-state index is -0.848. The molecule has 1 aromatic rings. The molecular weight excluding hydrogens is 363 g/mol. The number of piperazine rings is 1. The normalized spacial score (nSPS) is 18.8. The average molecular weight is 392 g/mol. The van der Waals surface area contributed by atoms with Gasteiger partial charge in [-0.2, -0.15) is 0 Å². The molecule has 20 heavy (non-hydrogen) atoms. The zero-order valence-electron chi connectivity index (χ0n) is 13.3. The van der Waals surface area contributed by atoms with Crippen LogP contribution in [0.3, 0.4) is 0 Å². The summed E-state index contributed by atoms with van der Waals surface area (Å²) in [5, 5.41) is 4.48. The van der Waals surface area contributed by atoms with Crippen molar-refractivity contribution in [2.24, 2.45) is 0 Å². The number of halogens is 1. The average Bonchev–Trinajstić information content (AvgIpc) is 2.88. The van der Waals surface area contributed by atoms with Gasteiger partial charge in [0, 0.05) is 0 Å². The molecule has 2 heterocycles. The Morgan fingerprint density at radius 1 is 1.15 bits per heavy atom. The molecule has 1 fully saturated rings. The van der Waals surface area contributed by atoms with Gasteiger partial charge in [0.2, 0.25) is 0 Å². The molecule has 0 amide bonds. The van der Waals surface area contributed by atoms with Gasteiger partial charge in [-0.15, -0.1) is 0 Å². The van der Waals surface area contributed by atoms with Gasteiger partial charge in [-0.05, 0) is 0 Å². The number of aryl methyl sites for hydroxylation is 1. The van der Waals surface area contributed by atoms with Crippen molar-refractivity contribution in [3.8, 4) is 0 Å². The third-order valence-electron chi connectivity index (χ3n) is 4.04. The predicted octanol–water partition coefficient (Wildman–Crippen LogP) is 2.23. The fourth-order valence-electron chi connectivity index (χ4n) is 2.62. The Hall–Kier alpha value is -0.140. The predicted molar refractivity (Wildman–Crippen MR) is 94.6 cm³/mol. The molecule has 1 aromatic heterocycles. The van der Waals surface area contributed by atoms with Crippen LogP contribution < -0.4 is 0 Å². The first kappa shape index (κ1) is 16.2. The van der Waals surface area contributed by atoms with Gasteiger partial charge < -0.3 is 0 Å². The van der Waals surface area contributed by atoms with Crippen LogP contribution in [0.15, 0.2) is 12.4 Å². The summed E-state index contributed by atoms with van der Waals surface area (Å²) in [5.41, 5.74) is 0. The number of rotatable bonds is 6. The van der Waals surface area contributed by atoms with E-state index in [0.29, 0.717) is 6.04 Å². The second-order valence-corrected chi connectivity index (χ2v) is 11.6. The summed E-state index contributed by atoms with van der Waals surface area (Å²) in [5.74, 6) is 0. The van der Waals surface area contributed by atoms with Crippen LogP contribution in [-0.2, 0) is 6.54 Å². The zero-order chi connectivity index (χ0) is 14.5. The number of alkyl halides is 2. The Bertz CT molecular complexity index is 394. The molecule has 1 aliphatic heterocycles. The third kappa shape index (κ3) is 4.70. The first-order valence-electron chi connectivity index (χ1n) is 7.55. The second-order valence-electron chi connectivity index (χ2n) is 6.00. The molecule has 0 unspecified atom stereocenters. The van der Waals surface area contributed by atoms with Crippen molar-refractivity contribution < 1.29 is 0 Å². The first-order chi connectivity index (χ1) is 9.56. The standard InChI is InChI=1S/C15H29IN4/c1-14(2)19-10-8-18(9-11-19)6-5-7-20-13-15(12-17-20)16(3)4/h12-14H,5-11H2,1-4H3. The van der Waals surface area contributed by atoms with E-state index in [1.54, 1.807) is 0 Å². The van der Waals surface area contributed by atoms with Gasteiger partial charge in [-0.3, -0.25) is 0 Å². The number of nitrogens with zero attached hydrogens (tertiary/aromatic N) is 4. The van der Waals surface area contributed by atoms with Crippen molar-refractivity contribution in [1.82, 2.24) is 19.6 Å². The summed E-state index contributed by atoms with van der Waals surface area (Å²) >= 11 is -0.848. The van der Waals surface area contributed by atoms with Gasteiger partial charge in [-0.25, -0.2) is 0 Å². The van der Waals surface area contributed by atoms with Gasteiger partial charge in [0.15, 0.2) is 0 Å². The summed E-state index contributed by atoms with van der Waals surface area (Å²) in [6, 6.07) is 0.695. The second kappa shape index (κ2) is 7.75. The number of hydrogen-bond acceptors (Lipinski definition) is 3. The van der Waals surface area contributed by atoms with E-state index in [0.717, 1.165) is 6.54 Å². The maximum atomic E-state index is 4.48. The van der Waals surface area contributed by atoms with Crippen LogP contribution >= 0.6 is 19.8 Å². The summed E-state index contributed by atoms with van der Waals surface area (Å²) in [6.45, 7) is 11.8. The van der Waals surface area contributed by atoms with Crippen LogP contribution in [0, 0.1) is 3.57 Å². The molecule has 0 aliphatic carbocycles. The monoisotopic (exact) mass is 392 g/mol. The molecular formula is C15H29IN4. The Kier molecular flexibility index (Phi) is 6.29. The van der Waals surface area contributed by atoms with E-state index in [1.165, 1.54) is 42.7 Å². The topological polar surface area (TPSA) is 24.3 Å². The quantitative estimate of drug-likeness (QED) is 0.548. The SMILES string of the molecule is CC(C)N1CCN(CCCn2cc(I(C)C)cn2)CC1. The van der Waals surface area contributed by atoms with E-state index in [9.17, 15) is 0 Å². The Morgan fingerprint density at radius 3 is 2.40 bits per heavy atom. The summed E-state index contributed by atoms with van der Waals surface area (Å²) < 4.78 is 3.64. The van der Waals surface area contributed by atoms with Gasteiger partial charge in [0.05, 0.1) is 0 Å². The van der Waals surface area contributed by atoms with Crippen molar-refractivity contribution in [2.45, 2.75) is 32.9 Å². The molecule has 5 heteroatoms. The maximum absolute atomic E-state index is 4.48. The molecule has 0 bridgehead atoms. The molecule has 0 N–H and O–H groups in total. The van der Waals surface area contributed by atoms with Gasteiger partial charge in [0.25, 0.3) is 0 Å². The minimum absolute atomic E-state index is 0.695. The summed E-state index contributed by atoms with van der Waals surface area (Å²) in [6.07, 6.45) is 5.55. The van der Waals surface area contributed by atoms with E-state index >= 15 is 0 Å². The van der Waals surface area contributed by atoms with Crippen molar-refractivity contribution in [1.29, 1.82) is 0 Å². The van der Waals surface area contributed by atoms with E-state index in [-0.39, 0.29) is 0 Å². The molecule has 0 atom stereocenters. The van der Waals surface area contributed by atoms with E-state index in [2.05, 4.69) is 55.7 Å². The molecule has 4 nitrogen and oxygen atoms in total. The van der Waals surface area contributed by atoms with Gasteiger partial charge in [0.1, 0.15) is 0 Å². The van der Waals surface area contributed by atoms with Crippen LogP contribution in [0.2, 0.25) is 0 Å². The summed E-state index contributed by atoms with van der Waals surface area (Å²) in [4.78, 5) is 9.92. The third-order valence-corrected chi connectivity index (χ3v) is 7.09. The number of aromatic nitrogens is 2. The molecule has 2 rings (SSSR count). The molecule has 116 valence electrons. The fraction of sp³-hybridized carbons (Fsp3) is 0.800. The van der Waals surface area contributed by atoms with Crippen molar-refractivity contribution in [3.05, 3.63) is 16.0 Å². The first-order valence-corrected chi connectivity index (χ1v) is 12.9. The molecule has 1 aliphatic rings. The molecule has 0 spiro atoms. The van der Waals surface area contributed by atoms with Crippen molar-refractivity contribution in [2.75, 3.05) is 42.6 Å². The number of hydrogen-bond donors (Lipinski definition) is 0. The van der Waals surface area contributed by atoms with E-state index < -0.39 is 19.8 Å². The summed E-state index contributed by atoms with van der Waals surface area (Å²) in [7, 11) is 0. The van der Waals surface area contributed by atoms with Gasteiger partial charge >= 0.3 is 131 Å². The fourth-order valence-corrected chi connectivity index (χ4v) is 4.18. The van der Waals surface area contributed by atoms with Crippen LogP contribution in [0.1, 0.15) is 20.3 Å². The van der Waals surface area contributed by atoms with Crippen LogP contribution in [0.5, 0.6) is 0 Å². The van der Waals surface area contributed by atoms with Crippen LogP contribution in [-0.4, -0.2) is 68.2 Å². The zero-order valence-corrected chi connectivity index (χ0v) is 15.5. The van der Waals surface area contributed by atoms with E-state index in [1.807, 2.05) is 0 Å². The van der Waals surface area contributed by atoms with E-state index in [4.69, 9.17) is 0 Å². The van der Waals surface area contributed by atoms with Gasteiger partial charge in [-0.1, -0.05) is 0 Å². The Balaban J connectivity index is 1.66. The van der Waals surface area contributed by atoms with Crippen LogP contribution in [0.4, 0.5) is 0 Å². The molecule has 0 radical (unpaired) electrons. The Morgan fingerprint density at radius 2 is 1.85 bits per heavy atom. The Labute approximate surface area is 130 Å². The molecule has 0 saturated carbocycles.